The number of benzene rings is 1. The van der Waals surface area contributed by atoms with Crippen LogP contribution in [0.15, 0.2) is 42.7 Å². The van der Waals surface area contributed by atoms with Crippen LogP contribution in [0.3, 0.4) is 0 Å². The Balaban J connectivity index is 1.44. The molecule has 2 aliphatic carbocycles. The lowest BCUT2D eigenvalue weighted by Gasteiger charge is -2.22. The van der Waals surface area contributed by atoms with Gasteiger partial charge in [-0.05, 0) is 87.6 Å². The van der Waals surface area contributed by atoms with E-state index in [0.717, 1.165) is 23.7 Å². The number of fused-ring (bicyclic) bond motifs is 1. The van der Waals surface area contributed by atoms with Gasteiger partial charge >= 0.3 is 5.97 Å². The van der Waals surface area contributed by atoms with Crippen molar-refractivity contribution in [2.24, 2.45) is 5.92 Å². The Bertz CT molecular complexity index is 1140. The SMILES string of the molecule is CC(C)(C)OC(=O)c1cc(C2CC2)cnc1Cc1cccc2c1ccn2CC1CCCCC1. The molecule has 0 radical (unpaired) electrons. The molecule has 0 saturated heterocycles. The van der Waals surface area contributed by atoms with Crippen molar-refractivity contribution in [3.8, 4) is 0 Å². The van der Waals surface area contributed by atoms with Crippen LogP contribution >= 0.6 is 0 Å². The number of rotatable bonds is 6. The normalized spacial score (nSPS) is 17.4. The molecule has 1 aromatic carbocycles. The molecule has 2 saturated carbocycles. The van der Waals surface area contributed by atoms with Gasteiger partial charge in [0.1, 0.15) is 5.60 Å². The van der Waals surface area contributed by atoms with E-state index in [2.05, 4.69) is 35.0 Å². The minimum absolute atomic E-state index is 0.269. The highest BCUT2D eigenvalue weighted by molar-refractivity contribution is 5.92. The van der Waals surface area contributed by atoms with Gasteiger partial charge in [-0.3, -0.25) is 4.98 Å². The van der Waals surface area contributed by atoms with Crippen molar-refractivity contribution in [3.63, 3.8) is 0 Å². The number of ether oxygens (including phenoxy) is 1. The van der Waals surface area contributed by atoms with E-state index in [1.54, 1.807) is 0 Å². The van der Waals surface area contributed by atoms with Crippen LogP contribution in [0.2, 0.25) is 0 Å². The van der Waals surface area contributed by atoms with E-state index in [0.29, 0.717) is 17.9 Å². The van der Waals surface area contributed by atoms with Crippen LogP contribution < -0.4 is 0 Å². The molecule has 5 rings (SSSR count). The number of hydrogen-bond acceptors (Lipinski definition) is 3. The van der Waals surface area contributed by atoms with Crippen LogP contribution in [0.25, 0.3) is 10.9 Å². The van der Waals surface area contributed by atoms with E-state index >= 15 is 0 Å². The first-order valence-corrected chi connectivity index (χ1v) is 12.7. The molecule has 0 N–H and O–H groups in total. The van der Waals surface area contributed by atoms with Gasteiger partial charge < -0.3 is 9.30 Å². The molecule has 2 heterocycles. The first-order valence-electron chi connectivity index (χ1n) is 12.7. The van der Waals surface area contributed by atoms with Gasteiger partial charge in [-0.25, -0.2) is 4.79 Å². The van der Waals surface area contributed by atoms with Crippen LogP contribution in [0.5, 0.6) is 0 Å². The van der Waals surface area contributed by atoms with Crippen molar-refractivity contribution < 1.29 is 9.53 Å². The van der Waals surface area contributed by atoms with Gasteiger partial charge in [0.15, 0.2) is 0 Å². The number of hydrogen-bond donors (Lipinski definition) is 0. The van der Waals surface area contributed by atoms with Crippen LogP contribution in [-0.4, -0.2) is 21.1 Å². The molecule has 4 heteroatoms. The third kappa shape index (κ3) is 5.15. The molecule has 2 aromatic heterocycles. The average Bonchev–Trinajstić information content (AvgIpc) is 3.55. The monoisotopic (exact) mass is 444 g/mol. The fourth-order valence-electron chi connectivity index (χ4n) is 5.23. The van der Waals surface area contributed by atoms with Crippen LogP contribution in [0.4, 0.5) is 0 Å². The summed E-state index contributed by atoms with van der Waals surface area (Å²) in [6.45, 7) is 6.85. The number of aromatic nitrogens is 2. The van der Waals surface area contributed by atoms with Crippen molar-refractivity contribution in [1.29, 1.82) is 0 Å². The summed E-state index contributed by atoms with van der Waals surface area (Å²) in [6, 6.07) is 10.8. The first kappa shape index (κ1) is 22.2. The van der Waals surface area contributed by atoms with E-state index in [1.165, 1.54) is 61.4 Å². The second kappa shape index (κ2) is 8.96. The maximum atomic E-state index is 13.1. The third-order valence-electron chi connectivity index (χ3n) is 7.10. The minimum atomic E-state index is -0.527. The summed E-state index contributed by atoms with van der Waals surface area (Å²) in [5.41, 5.74) is 4.56. The molecule has 2 aliphatic rings. The third-order valence-corrected chi connectivity index (χ3v) is 7.10. The molecular weight excluding hydrogens is 408 g/mol. The highest BCUT2D eigenvalue weighted by Gasteiger charge is 2.28. The highest BCUT2D eigenvalue weighted by Crippen LogP contribution is 2.40. The number of carbonyl (C=O) groups excluding carboxylic acids is 1. The minimum Gasteiger partial charge on any atom is -0.456 e. The topological polar surface area (TPSA) is 44.1 Å². The number of carbonyl (C=O) groups is 1. The molecule has 3 aromatic rings. The van der Waals surface area contributed by atoms with Crippen molar-refractivity contribution in [3.05, 3.63) is 65.1 Å². The number of pyridine rings is 1. The molecule has 2 fully saturated rings. The Morgan fingerprint density at radius 1 is 1.09 bits per heavy atom. The van der Waals surface area contributed by atoms with E-state index < -0.39 is 5.60 Å². The molecule has 0 bridgehead atoms. The van der Waals surface area contributed by atoms with Gasteiger partial charge in [-0.1, -0.05) is 31.4 Å². The maximum absolute atomic E-state index is 13.1. The quantitative estimate of drug-likeness (QED) is 0.383. The summed E-state index contributed by atoms with van der Waals surface area (Å²) in [5, 5.41) is 1.26. The molecule has 0 amide bonds. The summed E-state index contributed by atoms with van der Waals surface area (Å²) in [4.78, 5) is 17.9. The molecule has 4 nitrogen and oxygen atoms in total. The second-order valence-corrected chi connectivity index (χ2v) is 11.0. The predicted molar refractivity (Wildman–Crippen MR) is 133 cm³/mol. The summed E-state index contributed by atoms with van der Waals surface area (Å²) in [5.74, 6) is 1.06. The lowest BCUT2D eigenvalue weighted by atomic mass is 9.89. The summed E-state index contributed by atoms with van der Waals surface area (Å²) < 4.78 is 8.17. The molecule has 0 aliphatic heterocycles. The smallest absolute Gasteiger partial charge is 0.340 e. The van der Waals surface area contributed by atoms with Gasteiger partial charge in [0, 0.05) is 36.3 Å². The van der Waals surface area contributed by atoms with Gasteiger partial charge in [-0.2, -0.15) is 0 Å². The van der Waals surface area contributed by atoms with E-state index in [-0.39, 0.29) is 5.97 Å². The van der Waals surface area contributed by atoms with E-state index in [4.69, 9.17) is 9.72 Å². The molecule has 0 unspecified atom stereocenters. The van der Waals surface area contributed by atoms with E-state index in [9.17, 15) is 4.79 Å². The maximum Gasteiger partial charge on any atom is 0.340 e. The van der Waals surface area contributed by atoms with Crippen LogP contribution in [-0.2, 0) is 17.7 Å². The predicted octanol–water partition coefficient (Wildman–Crippen LogP) is 7.04. The standard InChI is InChI=1S/C29H36N2O2/c1-29(2,3)33-28(32)25-16-23(21-12-13-21)18-30-26(25)17-22-10-7-11-27-24(22)14-15-31(27)19-20-8-5-4-6-9-20/h7,10-11,14-16,18,20-21H,4-6,8-9,12-13,17,19H2,1-3H3. The average molecular weight is 445 g/mol. The largest absolute Gasteiger partial charge is 0.456 e. The first-order chi connectivity index (χ1) is 15.9. The summed E-state index contributed by atoms with van der Waals surface area (Å²) >= 11 is 0. The molecule has 0 atom stereocenters. The van der Waals surface area contributed by atoms with Crippen molar-refractivity contribution in [1.82, 2.24) is 9.55 Å². The van der Waals surface area contributed by atoms with Gasteiger partial charge in [-0.15, -0.1) is 0 Å². The van der Waals surface area contributed by atoms with Gasteiger partial charge in [0.05, 0.1) is 11.3 Å². The summed E-state index contributed by atoms with van der Waals surface area (Å²) in [6.07, 6.45) is 14.0. The Hall–Kier alpha value is -2.62. The molecule has 33 heavy (non-hydrogen) atoms. The molecule has 174 valence electrons. The molecular formula is C29H36N2O2. The fraction of sp³-hybridized carbons (Fsp3) is 0.517. The molecule has 0 spiro atoms. The Morgan fingerprint density at radius 3 is 2.61 bits per heavy atom. The number of esters is 1. The Labute approximate surface area is 197 Å². The lowest BCUT2D eigenvalue weighted by Crippen LogP contribution is -2.25. The van der Waals surface area contributed by atoms with E-state index in [1.807, 2.05) is 33.0 Å². The van der Waals surface area contributed by atoms with Crippen molar-refractivity contribution >= 4 is 16.9 Å². The lowest BCUT2D eigenvalue weighted by molar-refractivity contribution is 0.00678. The van der Waals surface area contributed by atoms with Crippen LogP contribution in [0, 0.1) is 5.92 Å². The zero-order chi connectivity index (χ0) is 23.0. The Morgan fingerprint density at radius 2 is 1.88 bits per heavy atom. The highest BCUT2D eigenvalue weighted by atomic mass is 16.6. The zero-order valence-corrected chi connectivity index (χ0v) is 20.3. The van der Waals surface area contributed by atoms with Crippen molar-refractivity contribution in [2.75, 3.05) is 0 Å². The van der Waals surface area contributed by atoms with Gasteiger partial charge in [0.25, 0.3) is 0 Å². The number of nitrogens with zero attached hydrogens (tertiary/aromatic N) is 2. The zero-order valence-electron chi connectivity index (χ0n) is 20.3. The fourth-order valence-corrected chi connectivity index (χ4v) is 5.23. The van der Waals surface area contributed by atoms with Crippen molar-refractivity contribution in [2.45, 2.75) is 90.2 Å². The Kier molecular flexibility index (Phi) is 6.03. The van der Waals surface area contributed by atoms with Gasteiger partial charge in [0.2, 0.25) is 0 Å². The van der Waals surface area contributed by atoms with Crippen LogP contribution in [0.1, 0.15) is 98.8 Å². The summed E-state index contributed by atoms with van der Waals surface area (Å²) in [7, 11) is 0. The second-order valence-electron chi connectivity index (χ2n) is 11.0.